The summed E-state index contributed by atoms with van der Waals surface area (Å²) in [5.41, 5.74) is 2.95. The van der Waals surface area contributed by atoms with Crippen LogP contribution in [0.3, 0.4) is 0 Å². The number of hydrogen-bond acceptors (Lipinski definition) is 8. The van der Waals surface area contributed by atoms with Crippen molar-refractivity contribution in [1.29, 1.82) is 0 Å². The van der Waals surface area contributed by atoms with Gasteiger partial charge in [-0.25, -0.2) is 9.97 Å². The molecular formula is C23H25N7O3. The summed E-state index contributed by atoms with van der Waals surface area (Å²) in [5.74, 6) is 0.266. The molecule has 33 heavy (non-hydrogen) atoms. The summed E-state index contributed by atoms with van der Waals surface area (Å²) in [4.78, 5) is 36.4. The highest BCUT2D eigenvalue weighted by atomic mass is 16.6. The van der Waals surface area contributed by atoms with E-state index >= 15 is 0 Å². The molecule has 3 aromatic rings. The second-order valence-corrected chi connectivity index (χ2v) is 7.95. The molecule has 0 saturated carbocycles. The van der Waals surface area contributed by atoms with E-state index in [1.165, 1.54) is 12.4 Å². The number of likely N-dealkylation sites (N-methyl/N-ethyl adjacent to an activating group) is 1. The summed E-state index contributed by atoms with van der Waals surface area (Å²) in [5, 5.41) is 17.7. The fourth-order valence-electron chi connectivity index (χ4n) is 3.64. The van der Waals surface area contributed by atoms with Gasteiger partial charge in [-0.05, 0) is 50.4 Å². The van der Waals surface area contributed by atoms with Crippen molar-refractivity contribution in [3.8, 4) is 0 Å². The Labute approximate surface area is 191 Å². The van der Waals surface area contributed by atoms with Gasteiger partial charge in [0.2, 0.25) is 0 Å². The van der Waals surface area contributed by atoms with E-state index in [9.17, 15) is 14.9 Å². The van der Waals surface area contributed by atoms with Gasteiger partial charge in [-0.2, -0.15) is 0 Å². The van der Waals surface area contributed by atoms with E-state index in [-0.39, 0.29) is 11.3 Å². The van der Waals surface area contributed by atoms with E-state index in [1.54, 1.807) is 24.3 Å². The van der Waals surface area contributed by atoms with Gasteiger partial charge in [0.05, 0.1) is 4.92 Å². The van der Waals surface area contributed by atoms with Crippen LogP contribution in [-0.4, -0.2) is 58.9 Å². The second kappa shape index (κ2) is 9.61. The van der Waals surface area contributed by atoms with Crippen LogP contribution in [-0.2, 0) is 0 Å². The summed E-state index contributed by atoms with van der Waals surface area (Å²) < 4.78 is 0. The van der Waals surface area contributed by atoms with Gasteiger partial charge in [-0.3, -0.25) is 14.9 Å². The number of nitrogens with zero attached hydrogens (tertiary/aromatic N) is 5. The van der Waals surface area contributed by atoms with Crippen LogP contribution in [0.15, 0.2) is 54.9 Å². The van der Waals surface area contributed by atoms with Gasteiger partial charge in [-0.15, -0.1) is 0 Å². The lowest BCUT2D eigenvalue weighted by Gasteiger charge is -2.33. The number of nitro benzene ring substituents is 1. The Balaban J connectivity index is 1.45. The van der Waals surface area contributed by atoms with Gasteiger partial charge in [-0.1, -0.05) is 0 Å². The van der Waals surface area contributed by atoms with Crippen molar-refractivity contribution < 1.29 is 9.72 Å². The number of benzene rings is 2. The Kier molecular flexibility index (Phi) is 6.45. The Hall–Kier alpha value is -4.05. The average Bonchev–Trinajstić information content (AvgIpc) is 2.80. The van der Waals surface area contributed by atoms with Crippen molar-refractivity contribution in [3.05, 3.63) is 76.2 Å². The van der Waals surface area contributed by atoms with E-state index in [0.717, 1.165) is 24.5 Å². The zero-order chi connectivity index (χ0) is 23.4. The van der Waals surface area contributed by atoms with E-state index < -0.39 is 10.8 Å². The molecule has 2 heterocycles. The summed E-state index contributed by atoms with van der Waals surface area (Å²) >= 11 is 0. The standard InChI is InChI=1S/C23H25N7O3/c1-16-13-22(25-15-24-16)26-18-4-6-19(7-5-18)27-23(31)17-3-8-20(21(14-17)30(32)33)29-11-9-28(2)10-12-29/h3-8,13-15H,9-12H2,1-2H3,(H,27,31)(H,24,25,26). The lowest BCUT2D eigenvalue weighted by atomic mass is 10.1. The number of hydrogen-bond donors (Lipinski definition) is 2. The SMILES string of the molecule is Cc1cc(Nc2ccc(NC(=O)c3ccc(N4CCN(C)CC4)c([N+](=O)[O-])c3)cc2)ncn1. The normalized spacial score (nSPS) is 14.1. The molecule has 0 atom stereocenters. The first-order chi connectivity index (χ1) is 15.9. The molecular weight excluding hydrogens is 422 g/mol. The smallest absolute Gasteiger partial charge is 0.293 e. The molecule has 170 valence electrons. The molecule has 1 aromatic heterocycles. The third-order valence-electron chi connectivity index (χ3n) is 5.50. The first-order valence-corrected chi connectivity index (χ1v) is 10.6. The Morgan fingerprint density at radius 3 is 2.36 bits per heavy atom. The van der Waals surface area contributed by atoms with Crippen molar-refractivity contribution in [1.82, 2.24) is 14.9 Å². The predicted molar refractivity (Wildman–Crippen MR) is 127 cm³/mol. The first-order valence-electron chi connectivity index (χ1n) is 10.6. The molecule has 0 radical (unpaired) electrons. The number of nitro groups is 1. The summed E-state index contributed by atoms with van der Waals surface area (Å²) in [6.45, 7) is 4.96. The molecule has 1 aliphatic heterocycles. The van der Waals surface area contributed by atoms with Crippen molar-refractivity contribution >= 4 is 34.5 Å². The quantitative estimate of drug-likeness (QED) is 0.436. The number of carbonyl (C=O) groups is 1. The highest BCUT2D eigenvalue weighted by Gasteiger charge is 2.24. The van der Waals surface area contributed by atoms with Gasteiger partial charge in [0.15, 0.2) is 0 Å². The topological polar surface area (TPSA) is 117 Å². The number of rotatable bonds is 6. The zero-order valence-corrected chi connectivity index (χ0v) is 18.5. The van der Waals surface area contributed by atoms with E-state index in [1.807, 2.05) is 37.1 Å². The van der Waals surface area contributed by atoms with Crippen LogP contribution in [0.1, 0.15) is 16.1 Å². The van der Waals surface area contributed by atoms with Crippen LogP contribution >= 0.6 is 0 Å². The maximum absolute atomic E-state index is 12.7. The van der Waals surface area contributed by atoms with Crippen LogP contribution in [0, 0.1) is 17.0 Å². The van der Waals surface area contributed by atoms with Gasteiger partial charge in [0.25, 0.3) is 11.6 Å². The first kappa shape index (κ1) is 22.2. The van der Waals surface area contributed by atoms with Crippen molar-refractivity contribution in [2.75, 3.05) is 48.8 Å². The fourth-order valence-corrected chi connectivity index (χ4v) is 3.64. The maximum atomic E-state index is 12.7. The lowest BCUT2D eigenvalue weighted by Crippen LogP contribution is -2.44. The molecule has 10 nitrogen and oxygen atoms in total. The average molecular weight is 447 g/mol. The number of aryl methyl sites for hydroxylation is 1. The van der Waals surface area contributed by atoms with Crippen molar-refractivity contribution in [2.45, 2.75) is 6.92 Å². The molecule has 1 fully saturated rings. The maximum Gasteiger partial charge on any atom is 0.293 e. The van der Waals surface area contributed by atoms with Crippen LogP contribution < -0.4 is 15.5 Å². The van der Waals surface area contributed by atoms with Gasteiger partial charge < -0.3 is 20.4 Å². The van der Waals surface area contributed by atoms with E-state index in [2.05, 4.69) is 25.5 Å². The zero-order valence-electron chi connectivity index (χ0n) is 18.5. The number of anilines is 4. The number of nitrogens with one attached hydrogen (secondary N) is 2. The van der Waals surface area contributed by atoms with Crippen LogP contribution in [0.25, 0.3) is 0 Å². The molecule has 2 aromatic carbocycles. The van der Waals surface area contributed by atoms with Crippen molar-refractivity contribution in [3.63, 3.8) is 0 Å². The van der Waals surface area contributed by atoms with E-state index in [0.29, 0.717) is 30.3 Å². The van der Waals surface area contributed by atoms with Crippen LogP contribution in [0.5, 0.6) is 0 Å². The predicted octanol–water partition coefficient (Wildman–Crippen LogP) is 3.44. The molecule has 0 unspecified atom stereocenters. The van der Waals surface area contributed by atoms with Gasteiger partial charge >= 0.3 is 0 Å². The summed E-state index contributed by atoms with van der Waals surface area (Å²) in [6.07, 6.45) is 1.49. The largest absolute Gasteiger partial charge is 0.363 e. The third-order valence-corrected chi connectivity index (χ3v) is 5.50. The molecule has 0 spiro atoms. The summed E-state index contributed by atoms with van der Waals surface area (Å²) in [7, 11) is 2.03. The highest BCUT2D eigenvalue weighted by Crippen LogP contribution is 2.30. The molecule has 1 saturated heterocycles. The molecule has 1 aliphatic rings. The minimum Gasteiger partial charge on any atom is -0.363 e. The molecule has 1 amide bonds. The van der Waals surface area contributed by atoms with Crippen molar-refractivity contribution in [2.24, 2.45) is 0 Å². The Bertz CT molecular complexity index is 1160. The molecule has 4 rings (SSSR count). The molecule has 10 heteroatoms. The van der Waals surface area contributed by atoms with Crippen LogP contribution in [0.2, 0.25) is 0 Å². The van der Waals surface area contributed by atoms with Gasteiger partial charge in [0.1, 0.15) is 17.8 Å². The monoisotopic (exact) mass is 447 g/mol. The minimum atomic E-state index is -0.431. The molecule has 0 aliphatic carbocycles. The summed E-state index contributed by atoms with van der Waals surface area (Å²) in [6, 6.07) is 13.6. The van der Waals surface area contributed by atoms with E-state index in [4.69, 9.17) is 0 Å². The number of piperazine rings is 1. The fraction of sp³-hybridized carbons (Fsp3) is 0.261. The minimum absolute atomic E-state index is 0.0631. The lowest BCUT2D eigenvalue weighted by molar-refractivity contribution is -0.384. The number of carbonyl (C=O) groups excluding carboxylic acids is 1. The number of amides is 1. The number of aromatic nitrogens is 2. The molecule has 0 bridgehead atoms. The Morgan fingerprint density at radius 1 is 1.00 bits per heavy atom. The molecule has 2 N–H and O–H groups in total. The van der Waals surface area contributed by atoms with Crippen LogP contribution in [0.4, 0.5) is 28.6 Å². The highest BCUT2D eigenvalue weighted by molar-refractivity contribution is 6.05. The second-order valence-electron chi connectivity index (χ2n) is 7.95. The third kappa shape index (κ3) is 5.42. The van der Waals surface area contributed by atoms with Gasteiger partial charge in [0, 0.05) is 60.9 Å². The Morgan fingerprint density at radius 2 is 1.70 bits per heavy atom.